The van der Waals surface area contributed by atoms with Crippen LogP contribution >= 0.6 is 12.2 Å². The van der Waals surface area contributed by atoms with Crippen molar-refractivity contribution >= 4 is 17.3 Å². The zero-order valence-corrected chi connectivity index (χ0v) is 19.2. The minimum absolute atomic E-state index is 0.0314. The Hall–Kier alpha value is -2.66. The lowest BCUT2D eigenvalue weighted by atomic mass is 9.96. The molecule has 30 heavy (non-hydrogen) atoms. The van der Waals surface area contributed by atoms with E-state index in [1.165, 1.54) is 28.2 Å². The number of pyridine rings is 1. The van der Waals surface area contributed by atoms with Crippen LogP contribution in [0.2, 0.25) is 0 Å². The SMILES string of the molecule is Cc1cccc(-n2c(C)cc([C@H]3[C@@H](c4ccccn4)NC(=S)N3CC(C)C)c2C)c1. The van der Waals surface area contributed by atoms with Gasteiger partial charge in [-0.25, -0.2) is 0 Å². The lowest BCUT2D eigenvalue weighted by Gasteiger charge is -2.29. The highest BCUT2D eigenvalue weighted by molar-refractivity contribution is 7.80. The zero-order valence-electron chi connectivity index (χ0n) is 18.4. The van der Waals surface area contributed by atoms with E-state index in [9.17, 15) is 0 Å². The van der Waals surface area contributed by atoms with Gasteiger partial charge in [-0.3, -0.25) is 4.98 Å². The summed E-state index contributed by atoms with van der Waals surface area (Å²) in [6.07, 6.45) is 1.86. The van der Waals surface area contributed by atoms with Crippen LogP contribution < -0.4 is 5.32 Å². The molecule has 156 valence electrons. The number of benzene rings is 1. The highest BCUT2D eigenvalue weighted by Crippen LogP contribution is 2.41. The van der Waals surface area contributed by atoms with Crippen LogP contribution in [-0.4, -0.2) is 26.1 Å². The van der Waals surface area contributed by atoms with Gasteiger partial charge in [-0.05, 0) is 80.4 Å². The lowest BCUT2D eigenvalue weighted by molar-refractivity contribution is 0.287. The Morgan fingerprint density at radius 2 is 1.87 bits per heavy atom. The minimum atomic E-state index is 0.0314. The van der Waals surface area contributed by atoms with E-state index in [4.69, 9.17) is 12.2 Å². The number of aromatic nitrogens is 2. The molecule has 0 saturated carbocycles. The van der Waals surface area contributed by atoms with Crippen LogP contribution in [0.3, 0.4) is 0 Å². The summed E-state index contributed by atoms with van der Waals surface area (Å²) in [7, 11) is 0. The highest BCUT2D eigenvalue weighted by atomic mass is 32.1. The molecule has 0 amide bonds. The maximum absolute atomic E-state index is 5.79. The first-order valence-electron chi connectivity index (χ1n) is 10.6. The molecule has 3 aromatic rings. The predicted molar refractivity (Wildman–Crippen MR) is 127 cm³/mol. The van der Waals surface area contributed by atoms with Crippen LogP contribution in [0.15, 0.2) is 54.7 Å². The van der Waals surface area contributed by atoms with Gasteiger partial charge < -0.3 is 14.8 Å². The molecule has 1 N–H and O–H groups in total. The summed E-state index contributed by atoms with van der Waals surface area (Å²) in [5, 5.41) is 4.37. The molecule has 0 bridgehead atoms. The summed E-state index contributed by atoms with van der Waals surface area (Å²) >= 11 is 5.79. The molecule has 2 aromatic heterocycles. The molecule has 1 fully saturated rings. The molecule has 0 unspecified atom stereocenters. The van der Waals surface area contributed by atoms with Crippen molar-refractivity contribution in [1.82, 2.24) is 19.8 Å². The van der Waals surface area contributed by atoms with Crippen molar-refractivity contribution in [2.75, 3.05) is 6.54 Å². The fraction of sp³-hybridized carbons (Fsp3) is 0.360. The second kappa shape index (κ2) is 8.23. The molecule has 2 atom stereocenters. The van der Waals surface area contributed by atoms with Gasteiger partial charge in [-0.15, -0.1) is 0 Å². The molecule has 0 radical (unpaired) electrons. The van der Waals surface area contributed by atoms with Crippen molar-refractivity contribution in [3.8, 4) is 5.69 Å². The third-order valence-corrected chi connectivity index (χ3v) is 6.16. The Morgan fingerprint density at radius 3 is 2.53 bits per heavy atom. The molecule has 1 saturated heterocycles. The molecule has 5 heteroatoms. The number of nitrogens with zero attached hydrogens (tertiary/aromatic N) is 3. The maximum Gasteiger partial charge on any atom is 0.170 e. The topological polar surface area (TPSA) is 33.1 Å². The summed E-state index contributed by atoms with van der Waals surface area (Å²) < 4.78 is 2.35. The number of aryl methyl sites for hydroxylation is 2. The van der Waals surface area contributed by atoms with E-state index in [1.807, 2.05) is 18.3 Å². The van der Waals surface area contributed by atoms with Crippen molar-refractivity contribution in [3.63, 3.8) is 0 Å². The quantitative estimate of drug-likeness (QED) is 0.561. The molecule has 4 nitrogen and oxygen atoms in total. The van der Waals surface area contributed by atoms with Gasteiger partial charge >= 0.3 is 0 Å². The summed E-state index contributed by atoms with van der Waals surface area (Å²) in [6.45, 7) is 11.9. The Morgan fingerprint density at radius 1 is 1.07 bits per heavy atom. The third kappa shape index (κ3) is 3.74. The van der Waals surface area contributed by atoms with Gasteiger partial charge in [0.2, 0.25) is 0 Å². The fourth-order valence-electron chi connectivity index (χ4n) is 4.59. The van der Waals surface area contributed by atoms with Crippen molar-refractivity contribution in [1.29, 1.82) is 0 Å². The van der Waals surface area contributed by atoms with Crippen LogP contribution in [-0.2, 0) is 0 Å². The van der Waals surface area contributed by atoms with E-state index in [-0.39, 0.29) is 12.1 Å². The van der Waals surface area contributed by atoms with E-state index in [2.05, 4.69) is 90.8 Å². The Balaban J connectivity index is 1.84. The van der Waals surface area contributed by atoms with Gasteiger partial charge in [0.15, 0.2) is 5.11 Å². The van der Waals surface area contributed by atoms with Gasteiger partial charge in [0.05, 0.1) is 17.8 Å². The van der Waals surface area contributed by atoms with E-state index in [0.29, 0.717) is 5.92 Å². The van der Waals surface area contributed by atoms with Gasteiger partial charge in [-0.2, -0.15) is 0 Å². The van der Waals surface area contributed by atoms with Crippen LogP contribution in [0, 0.1) is 26.7 Å². The maximum atomic E-state index is 5.79. The molecular formula is C25H30N4S. The average Bonchev–Trinajstić information content (AvgIpc) is 3.18. The van der Waals surface area contributed by atoms with Crippen molar-refractivity contribution < 1.29 is 0 Å². The van der Waals surface area contributed by atoms with Crippen molar-refractivity contribution in [2.45, 2.75) is 46.7 Å². The molecule has 1 aromatic carbocycles. The second-order valence-corrected chi connectivity index (χ2v) is 9.06. The molecule has 4 rings (SSSR count). The number of nitrogens with one attached hydrogen (secondary N) is 1. The first kappa shape index (κ1) is 20.6. The first-order valence-corrected chi connectivity index (χ1v) is 11.0. The number of rotatable bonds is 5. The summed E-state index contributed by atoms with van der Waals surface area (Å²) in [5.74, 6) is 0.509. The molecule has 0 aliphatic carbocycles. The monoisotopic (exact) mass is 418 g/mol. The largest absolute Gasteiger partial charge is 0.352 e. The zero-order chi connectivity index (χ0) is 21.4. The Labute approximate surface area is 184 Å². The van der Waals surface area contributed by atoms with E-state index in [1.54, 1.807) is 0 Å². The predicted octanol–water partition coefficient (Wildman–Crippen LogP) is 5.43. The van der Waals surface area contributed by atoms with Crippen LogP contribution in [0.4, 0.5) is 0 Å². The van der Waals surface area contributed by atoms with Gasteiger partial charge in [0.25, 0.3) is 0 Å². The van der Waals surface area contributed by atoms with Crippen LogP contribution in [0.1, 0.15) is 54.1 Å². The fourth-order valence-corrected chi connectivity index (χ4v) is 4.90. The molecule has 1 aliphatic rings. The number of hydrogen-bond donors (Lipinski definition) is 1. The van der Waals surface area contributed by atoms with E-state index in [0.717, 1.165) is 17.4 Å². The summed E-state index contributed by atoms with van der Waals surface area (Å²) in [6, 6.07) is 17.2. The average molecular weight is 419 g/mol. The van der Waals surface area contributed by atoms with Crippen LogP contribution in [0.5, 0.6) is 0 Å². The van der Waals surface area contributed by atoms with Gasteiger partial charge in [0, 0.05) is 29.8 Å². The summed E-state index contributed by atoms with van der Waals surface area (Å²) in [5.41, 5.74) is 7.28. The molecule has 1 aliphatic heterocycles. The lowest BCUT2D eigenvalue weighted by Crippen LogP contribution is -2.33. The molecule has 0 spiro atoms. The van der Waals surface area contributed by atoms with Crippen molar-refractivity contribution in [3.05, 3.63) is 82.9 Å². The van der Waals surface area contributed by atoms with E-state index < -0.39 is 0 Å². The standard InChI is InChI=1S/C25H30N4S/c1-16(2)15-28-24(23(27-25(28)30)22-11-6-7-12-26-22)21-14-18(4)29(19(21)5)20-10-8-9-17(3)13-20/h6-14,16,23-24H,15H2,1-5H3,(H,27,30)/t23-,24+/m1/s1. The van der Waals surface area contributed by atoms with Crippen molar-refractivity contribution in [2.24, 2.45) is 5.92 Å². The Bertz CT molecular complexity index is 1050. The molecule has 3 heterocycles. The van der Waals surface area contributed by atoms with Gasteiger partial charge in [0.1, 0.15) is 0 Å². The first-order chi connectivity index (χ1) is 14.4. The highest BCUT2D eigenvalue weighted by Gasteiger charge is 2.41. The van der Waals surface area contributed by atoms with Gasteiger partial charge in [-0.1, -0.05) is 32.0 Å². The normalized spacial score (nSPS) is 18.9. The smallest absolute Gasteiger partial charge is 0.170 e. The third-order valence-electron chi connectivity index (χ3n) is 5.81. The van der Waals surface area contributed by atoms with Crippen LogP contribution in [0.25, 0.3) is 5.69 Å². The summed E-state index contributed by atoms with van der Waals surface area (Å²) in [4.78, 5) is 7.01. The number of hydrogen-bond acceptors (Lipinski definition) is 2. The minimum Gasteiger partial charge on any atom is -0.352 e. The Kier molecular flexibility index (Phi) is 5.65. The molecular weight excluding hydrogens is 388 g/mol. The second-order valence-electron chi connectivity index (χ2n) is 8.67. The number of thiocarbonyl (C=S) groups is 1. The van der Waals surface area contributed by atoms with E-state index >= 15 is 0 Å².